The van der Waals surface area contributed by atoms with E-state index >= 15 is 0 Å². The van der Waals surface area contributed by atoms with E-state index in [1.165, 1.54) is 42.4 Å². The molecule has 1 saturated heterocycles. The van der Waals surface area contributed by atoms with Gasteiger partial charge in [0.1, 0.15) is 18.1 Å². The molecule has 1 fully saturated rings. The highest BCUT2D eigenvalue weighted by molar-refractivity contribution is 6.03. The molecule has 0 bridgehead atoms. The lowest BCUT2D eigenvalue weighted by Gasteiger charge is -2.38. The number of hydrogen-bond acceptors (Lipinski definition) is 10. The molecule has 0 saturated carbocycles. The number of amidine groups is 1. The predicted molar refractivity (Wildman–Crippen MR) is 135 cm³/mol. The zero-order chi connectivity index (χ0) is 27.7. The van der Waals surface area contributed by atoms with Crippen LogP contribution in [0.3, 0.4) is 0 Å². The van der Waals surface area contributed by atoms with Crippen LogP contribution in [0.5, 0.6) is 5.75 Å². The number of nitrogens with one attached hydrogen (secondary N) is 1. The Labute approximate surface area is 221 Å². The molecule has 0 unspecified atom stereocenters. The molecule has 39 heavy (non-hydrogen) atoms. The van der Waals surface area contributed by atoms with Gasteiger partial charge >= 0.3 is 6.03 Å². The third kappa shape index (κ3) is 5.14. The van der Waals surface area contributed by atoms with E-state index in [0.29, 0.717) is 16.9 Å². The summed E-state index contributed by atoms with van der Waals surface area (Å²) in [7, 11) is 4.68. The zero-order valence-corrected chi connectivity index (χ0v) is 21.1. The lowest BCUT2D eigenvalue weighted by Crippen LogP contribution is -2.63. The van der Waals surface area contributed by atoms with Crippen molar-refractivity contribution in [1.29, 1.82) is 0 Å². The summed E-state index contributed by atoms with van der Waals surface area (Å²) in [6.07, 6.45) is 0.737. The summed E-state index contributed by atoms with van der Waals surface area (Å²) in [5.74, 6) is -0.552. The molecule has 200 valence electrons. The van der Waals surface area contributed by atoms with Crippen LogP contribution < -0.4 is 10.2 Å². The molecule has 3 heterocycles. The molecule has 1 aromatic heterocycles. The molecule has 2 aliphatic rings. The normalized spacial score (nSPS) is 19.0. The van der Waals surface area contributed by atoms with Crippen molar-refractivity contribution < 1.29 is 23.5 Å². The van der Waals surface area contributed by atoms with Crippen molar-refractivity contribution in [3.05, 3.63) is 59.9 Å². The van der Waals surface area contributed by atoms with Crippen LogP contribution in [0.4, 0.5) is 9.18 Å². The van der Waals surface area contributed by atoms with E-state index in [0.717, 1.165) is 9.70 Å². The van der Waals surface area contributed by atoms with Crippen molar-refractivity contribution in [1.82, 2.24) is 40.3 Å². The van der Waals surface area contributed by atoms with E-state index in [2.05, 4.69) is 30.9 Å². The van der Waals surface area contributed by atoms with Gasteiger partial charge in [0, 0.05) is 26.7 Å². The Hall–Kier alpha value is -5.21. The maximum absolute atomic E-state index is 13.1. The van der Waals surface area contributed by atoms with Gasteiger partial charge in [0.25, 0.3) is 17.8 Å². The first-order valence-corrected chi connectivity index (χ1v) is 11.7. The van der Waals surface area contributed by atoms with Gasteiger partial charge in [0.15, 0.2) is 12.2 Å². The van der Waals surface area contributed by atoms with E-state index in [-0.39, 0.29) is 30.1 Å². The summed E-state index contributed by atoms with van der Waals surface area (Å²) in [6.45, 7) is -0.228. The van der Waals surface area contributed by atoms with Crippen molar-refractivity contribution in [2.75, 3.05) is 21.1 Å². The molecule has 1 N–H and O–H groups in total. The number of fused-ring (bicyclic) bond motifs is 1. The van der Waals surface area contributed by atoms with E-state index in [4.69, 9.17) is 4.74 Å². The van der Waals surface area contributed by atoms with Gasteiger partial charge in [-0.3, -0.25) is 14.5 Å². The van der Waals surface area contributed by atoms with E-state index in [1.54, 1.807) is 43.3 Å². The van der Waals surface area contributed by atoms with Gasteiger partial charge in [-0.1, -0.05) is 12.1 Å². The SMILES string of the molecule is CN1C(=O)[C@H]2[C@H](N=C(Oc3cccc(/C=N\NC(=O)Cn4nnc(-c5ccc(F)cc5)n4)c3)N2C)N(C)C1=O. The first kappa shape index (κ1) is 25.4. The monoisotopic (exact) mass is 534 g/mol. The highest BCUT2D eigenvalue weighted by Crippen LogP contribution is 2.27. The minimum atomic E-state index is -0.688. The minimum Gasteiger partial charge on any atom is -0.426 e. The van der Waals surface area contributed by atoms with E-state index < -0.39 is 24.1 Å². The van der Waals surface area contributed by atoms with Crippen molar-refractivity contribution in [2.45, 2.75) is 18.8 Å². The van der Waals surface area contributed by atoms with Gasteiger partial charge in [-0.15, -0.1) is 10.2 Å². The molecule has 5 rings (SSSR count). The number of aliphatic imine (C=N–C) groups is 1. The van der Waals surface area contributed by atoms with E-state index in [1.807, 2.05) is 0 Å². The lowest BCUT2D eigenvalue weighted by atomic mass is 10.1. The number of aromatic nitrogens is 4. The summed E-state index contributed by atoms with van der Waals surface area (Å²) < 4.78 is 19.0. The number of carbonyl (C=O) groups is 3. The quantitative estimate of drug-likeness (QED) is 0.355. The molecule has 4 amide bonds. The number of hydrogen-bond donors (Lipinski definition) is 1. The Morgan fingerprint density at radius 1 is 1.13 bits per heavy atom. The fourth-order valence-electron chi connectivity index (χ4n) is 4.06. The van der Waals surface area contributed by atoms with Crippen molar-refractivity contribution >= 4 is 30.1 Å². The minimum absolute atomic E-state index is 0.191. The number of rotatable bonds is 6. The molecule has 2 aromatic carbocycles. The van der Waals surface area contributed by atoms with Gasteiger partial charge in [0.2, 0.25) is 5.82 Å². The van der Waals surface area contributed by atoms with Crippen LogP contribution in [0.15, 0.2) is 58.6 Å². The van der Waals surface area contributed by atoms with Gasteiger partial charge in [-0.05, 0) is 47.2 Å². The highest BCUT2D eigenvalue weighted by atomic mass is 19.1. The van der Waals surface area contributed by atoms with Crippen LogP contribution >= 0.6 is 0 Å². The summed E-state index contributed by atoms with van der Waals surface area (Å²) in [4.78, 5) is 46.7. The third-order valence-corrected chi connectivity index (χ3v) is 6.12. The van der Waals surface area contributed by atoms with E-state index in [9.17, 15) is 18.8 Å². The van der Waals surface area contributed by atoms with Gasteiger partial charge in [-0.2, -0.15) is 9.90 Å². The number of imide groups is 1. The molecular formula is C24H23FN10O4. The molecular weight excluding hydrogens is 511 g/mol. The second-order valence-electron chi connectivity index (χ2n) is 8.79. The van der Waals surface area contributed by atoms with Crippen LogP contribution in [0.1, 0.15) is 5.56 Å². The second-order valence-corrected chi connectivity index (χ2v) is 8.79. The maximum atomic E-state index is 13.1. The lowest BCUT2D eigenvalue weighted by molar-refractivity contribution is -0.135. The average molecular weight is 535 g/mol. The first-order chi connectivity index (χ1) is 18.7. The summed E-state index contributed by atoms with van der Waals surface area (Å²) in [5.41, 5.74) is 3.57. The summed E-state index contributed by atoms with van der Waals surface area (Å²) in [6, 6.07) is 11.5. The standard InChI is InChI=1S/C24H23FN10O4/c1-32-19-21(33(2)24(38)34(3)22(19)37)27-23(32)39-17-6-4-5-14(11-17)12-26-28-18(36)13-35-30-20(29-31-35)15-7-9-16(25)10-8-15/h4-12,19,21H,13H2,1-3H3,(H,28,36)/b26-12-/t19-,21-/m1/s1. The van der Waals surface area contributed by atoms with Crippen molar-refractivity contribution in [2.24, 2.45) is 10.1 Å². The number of urea groups is 1. The second kappa shape index (κ2) is 10.3. The molecule has 14 nitrogen and oxygen atoms in total. The summed E-state index contributed by atoms with van der Waals surface area (Å²) in [5, 5.41) is 15.8. The number of tetrazole rings is 1. The molecule has 0 aliphatic carbocycles. The Balaban J connectivity index is 1.18. The number of benzene rings is 2. The number of ether oxygens (including phenoxy) is 1. The predicted octanol–water partition coefficient (Wildman–Crippen LogP) is 0.528. The molecule has 3 aromatic rings. The first-order valence-electron chi connectivity index (χ1n) is 11.7. The zero-order valence-electron chi connectivity index (χ0n) is 21.1. The number of nitrogens with zero attached hydrogens (tertiary/aromatic N) is 9. The number of likely N-dealkylation sites (N-methyl/N-ethyl adjacent to an activating group) is 3. The Morgan fingerprint density at radius 2 is 1.90 bits per heavy atom. The molecule has 0 radical (unpaired) electrons. The Morgan fingerprint density at radius 3 is 2.67 bits per heavy atom. The van der Waals surface area contributed by atoms with Crippen molar-refractivity contribution in [3.8, 4) is 17.1 Å². The number of hydrazone groups is 1. The third-order valence-electron chi connectivity index (χ3n) is 6.12. The fourth-order valence-corrected chi connectivity index (χ4v) is 4.06. The maximum Gasteiger partial charge on any atom is 0.328 e. The summed E-state index contributed by atoms with van der Waals surface area (Å²) >= 11 is 0. The van der Waals surface area contributed by atoms with Gasteiger partial charge in [0.05, 0.1) is 6.21 Å². The van der Waals surface area contributed by atoms with Gasteiger partial charge in [-0.25, -0.2) is 19.6 Å². The van der Waals surface area contributed by atoms with Crippen LogP contribution in [0.2, 0.25) is 0 Å². The fraction of sp³-hybridized carbons (Fsp3) is 0.250. The van der Waals surface area contributed by atoms with Gasteiger partial charge < -0.3 is 14.5 Å². The smallest absolute Gasteiger partial charge is 0.328 e. The van der Waals surface area contributed by atoms with Crippen LogP contribution in [-0.4, -0.2) is 98.3 Å². The molecule has 2 atom stereocenters. The molecule has 15 heteroatoms. The highest BCUT2D eigenvalue weighted by Gasteiger charge is 2.50. The Kier molecular flexibility index (Phi) is 6.70. The topological polar surface area (TPSA) is 151 Å². The molecule has 2 aliphatic heterocycles. The average Bonchev–Trinajstić information content (AvgIpc) is 3.51. The van der Waals surface area contributed by atoms with Crippen LogP contribution in [-0.2, 0) is 16.1 Å². The molecule has 0 spiro atoms. The number of amides is 4. The van der Waals surface area contributed by atoms with Crippen LogP contribution in [0, 0.1) is 5.82 Å². The number of carbonyl (C=O) groups excluding carboxylic acids is 3. The van der Waals surface area contributed by atoms with Crippen molar-refractivity contribution in [3.63, 3.8) is 0 Å². The van der Waals surface area contributed by atoms with Crippen LogP contribution in [0.25, 0.3) is 11.4 Å². The Bertz CT molecular complexity index is 1490. The number of halogens is 1. The largest absolute Gasteiger partial charge is 0.426 e.